The number of aryl methyl sites for hydroxylation is 3. The highest BCUT2D eigenvalue weighted by atomic mass is 16.5. The first-order chi connectivity index (χ1) is 20.4. The first kappa shape index (κ1) is 29.1. The van der Waals surface area contributed by atoms with E-state index in [2.05, 4.69) is 33.7 Å². The molecule has 42 heavy (non-hydrogen) atoms. The molecule has 0 fully saturated rings. The highest BCUT2D eigenvalue weighted by Crippen LogP contribution is 2.30. The summed E-state index contributed by atoms with van der Waals surface area (Å²) >= 11 is 0. The molecular weight excluding hydrogens is 522 g/mol. The third kappa shape index (κ3) is 6.89. The molecular formula is C36H39N3O3. The minimum absolute atomic E-state index is 0.186. The van der Waals surface area contributed by atoms with Gasteiger partial charge in [-0.1, -0.05) is 84.9 Å². The Morgan fingerprint density at radius 2 is 1.48 bits per heavy atom. The van der Waals surface area contributed by atoms with E-state index >= 15 is 0 Å². The molecule has 0 saturated carbocycles. The van der Waals surface area contributed by atoms with E-state index in [9.17, 15) is 9.59 Å². The van der Waals surface area contributed by atoms with Crippen LogP contribution in [0.15, 0.2) is 97.1 Å². The predicted molar refractivity (Wildman–Crippen MR) is 168 cm³/mol. The van der Waals surface area contributed by atoms with Gasteiger partial charge in [-0.15, -0.1) is 0 Å². The van der Waals surface area contributed by atoms with Crippen molar-refractivity contribution in [2.24, 2.45) is 0 Å². The highest BCUT2D eigenvalue weighted by Gasteiger charge is 2.33. The van der Waals surface area contributed by atoms with Crippen molar-refractivity contribution in [3.8, 4) is 5.75 Å². The molecule has 2 amide bonds. The number of anilines is 1. The molecule has 6 nitrogen and oxygen atoms in total. The molecule has 0 spiro atoms. The molecule has 1 aliphatic rings. The molecule has 1 heterocycles. The molecule has 0 radical (unpaired) electrons. The predicted octanol–water partition coefficient (Wildman–Crippen LogP) is 6.17. The standard InChI is InChI=1S/C36H39N3O3/c1-25-10-9-11-26(2)33(25)38-35(40)32(21-16-27-12-5-4-6-13-27)37-36(41)34(29-17-19-31(42-3)20-18-29)39-23-22-28-14-7-8-15-30(28)24-39/h4-15,17-20,32,34H,16,21-24H2,1-3H3,(H,37,41)(H,38,40). The number of nitrogens with one attached hydrogen (secondary N) is 2. The van der Waals surface area contributed by atoms with E-state index in [1.165, 1.54) is 11.1 Å². The van der Waals surface area contributed by atoms with E-state index < -0.39 is 12.1 Å². The van der Waals surface area contributed by atoms with E-state index in [1.807, 2.05) is 92.7 Å². The maximum Gasteiger partial charge on any atom is 0.246 e. The van der Waals surface area contributed by atoms with Crippen molar-refractivity contribution in [2.45, 2.75) is 51.7 Å². The Labute approximate surface area is 248 Å². The smallest absolute Gasteiger partial charge is 0.246 e. The lowest BCUT2D eigenvalue weighted by atomic mass is 9.95. The number of ether oxygens (including phenoxy) is 1. The monoisotopic (exact) mass is 561 g/mol. The molecule has 6 heteroatoms. The maximum atomic E-state index is 14.3. The first-order valence-electron chi connectivity index (χ1n) is 14.6. The summed E-state index contributed by atoms with van der Waals surface area (Å²) in [4.78, 5) is 30.3. The maximum absolute atomic E-state index is 14.3. The summed E-state index contributed by atoms with van der Waals surface area (Å²) in [6, 6.07) is 30.8. The number of rotatable bonds is 10. The Kier molecular flexibility index (Phi) is 9.35. The van der Waals surface area contributed by atoms with Crippen molar-refractivity contribution in [1.29, 1.82) is 0 Å². The quantitative estimate of drug-likeness (QED) is 0.243. The molecule has 2 N–H and O–H groups in total. The Hall–Kier alpha value is -4.42. The van der Waals surface area contributed by atoms with Gasteiger partial charge in [0.05, 0.1) is 7.11 Å². The number of hydrogen-bond acceptors (Lipinski definition) is 4. The summed E-state index contributed by atoms with van der Waals surface area (Å²) < 4.78 is 5.38. The van der Waals surface area contributed by atoms with Crippen molar-refractivity contribution >= 4 is 17.5 Å². The zero-order valence-electron chi connectivity index (χ0n) is 24.6. The van der Waals surface area contributed by atoms with Crippen LogP contribution in [0.5, 0.6) is 5.75 Å². The number of amides is 2. The molecule has 0 aliphatic carbocycles. The van der Waals surface area contributed by atoms with E-state index in [0.717, 1.165) is 46.7 Å². The van der Waals surface area contributed by atoms with Gasteiger partial charge in [0.1, 0.15) is 17.8 Å². The summed E-state index contributed by atoms with van der Waals surface area (Å²) in [7, 11) is 1.63. The number of para-hydroxylation sites is 1. The minimum Gasteiger partial charge on any atom is -0.497 e. The lowest BCUT2D eigenvalue weighted by Crippen LogP contribution is -2.50. The van der Waals surface area contributed by atoms with Crippen molar-refractivity contribution in [3.63, 3.8) is 0 Å². The topological polar surface area (TPSA) is 70.7 Å². The summed E-state index contributed by atoms with van der Waals surface area (Å²) in [5.41, 5.74) is 7.29. The normalized spacial score (nSPS) is 14.4. The lowest BCUT2D eigenvalue weighted by Gasteiger charge is -2.36. The summed E-state index contributed by atoms with van der Waals surface area (Å²) in [6.45, 7) is 5.36. The molecule has 5 rings (SSSR count). The third-order valence-corrected chi connectivity index (χ3v) is 8.13. The zero-order chi connectivity index (χ0) is 29.5. The minimum atomic E-state index is -0.713. The van der Waals surface area contributed by atoms with Gasteiger partial charge in [0.2, 0.25) is 11.8 Å². The fraction of sp³-hybridized carbons (Fsp3) is 0.278. The average Bonchev–Trinajstić information content (AvgIpc) is 3.02. The van der Waals surface area contributed by atoms with Gasteiger partial charge in [-0.05, 0) is 78.6 Å². The second-order valence-electron chi connectivity index (χ2n) is 11.0. The Balaban J connectivity index is 1.43. The third-order valence-electron chi connectivity index (χ3n) is 8.13. The van der Waals surface area contributed by atoms with Gasteiger partial charge in [0, 0.05) is 18.8 Å². The van der Waals surface area contributed by atoms with Gasteiger partial charge >= 0.3 is 0 Å². The fourth-order valence-electron chi connectivity index (χ4n) is 5.75. The second-order valence-corrected chi connectivity index (χ2v) is 11.0. The SMILES string of the molecule is COc1ccc(C(C(=O)NC(CCc2ccccc2)C(=O)Nc2c(C)cccc2C)N2CCc3ccccc3C2)cc1. The van der Waals surface area contributed by atoms with E-state index in [0.29, 0.717) is 19.4 Å². The molecule has 1 aliphatic heterocycles. The average molecular weight is 562 g/mol. The molecule has 2 atom stereocenters. The molecule has 4 aromatic rings. The van der Waals surface area contributed by atoms with Crippen LogP contribution in [-0.4, -0.2) is 36.4 Å². The van der Waals surface area contributed by atoms with Crippen molar-refractivity contribution in [1.82, 2.24) is 10.2 Å². The lowest BCUT2D eigenvalue weighted by molar-refractivity contribution is -0.131. The second kappa shape index (κ2) is 13.5. The Morgan fingerprint density at radius 3 is 2.17 bits per heavy atom. The highest BCUT2D eigenvalue weighted by molar-refractivity contribution is 5.99. The van der Waals surface area contributed by atoms with Crippen LogP contribution in [0.2, 0.25) is 0 Å². The Bertz CT molecular complexity index is 1500. The number of carbonyl (C=O) groups is 2. The van der Waals surface area contributed by atoms with Crippen molar-refractivity contribution in [3.05, 3.63) is 130 Å². The van der Waals surface area contributed by atoms with Gasteiger partial charge < -0.3 is 15.4 Å². The summed E-state index contributed by atoms with van der Waals surface area (Å²) in [5.74, 6) is 0.332. The van der Waals surface area contributed by atoms with Crippen LogP contribution in [0.3, 0.4) is 0 Å². The largest absolute Gasteiger partial charge is 0.497 e. The van der Waals surface area contributed by atoms with E-state index in [-0.39, 0.29) is 11.8 Å². The summed E-state index contributed by atoms with van der Waals surface area (Å²) in [5, 5.41) is 6.29. The van der Waals surface area contributed by atoms with Gasteiger partial charge in [0.15, 0.2) is 0 Å². The van der Waals surface area contributed by atoms with Crippen LogP contribution < -0.4 is 15.4 Å². The van der Waals surface area contributed by atoms with Gasteiger partial charge in [-0.25, -0.2) is 0 Å². The fourth-order valence-corrected chi connectivity index (χ4v) is 5.75. The van der Waals surface area contributed by atoms with Gasteiger partial charge in [-0.3, -0.25) is 14.5 Å². The number of fused-ring (bicyclic) bond motifs is 1. The van der Waals surface area contributed by atoms with Crippen LogP contribution in [0.4, 0.5) is 5.69 Å². The zero-order valence-corrected chi connectivity index (χ0v) is 24.6. The number of carbonyl (C=O) groups excluding carboxylic acids is 2. The van der Waals surface area contributed by atoms with Gasteiger partial charge in [-0.2, -0.15) is 0 Å². The van der Waals surface area contributed by atoms with Crippen LogP contribution in [-0.2, 0) is 29.0 Å². The number of benzene rings is 4. The van der Waals surface area contributed by atoms with Crippen LogP contribution in [0.25, 0.3) is 0 Å². The van der Waals surface area contributed by atoms with Crippen LogP contribution >= 0.6 is 0 Å². The molecule has 4 aromatic carbocycles. The molecule has 0 bridgehead atoms. The van der Waals surface area contributed by atoms with Gasteiger partial charge in [0.25, 0.3) is 0 Å². The number of nitrogens with zero attached hydrogens (tertiary/aromatic N) is 1. The number of hydrogen-bond donors (Lipinski definition) is 2. The van der Waals surface area contributed by atoms with Crippen molar-refractivity contribution in [2.75, 3.05) is 19.0 Å². The molecule has 216 valence electrons. The number of methoxy groups -OCH3 is 1. The first-order valence-corrected chi connectivity index (χ1v) is 14.6. The Morgan fingerprint density at radius 1 is 0.810 bits per heavy atom. The summed E-state index contributed by atoms with van der Waals surface area (Å²) in [6.07, 6.45) is 2.00. The molecule has 0 aromatic heterocycles. The van der Waals surface area contributed by atoms with Crippen molar-refractivity contribution < 1.29 is 14.3 Å². The van der Waals surface area contributed by atoms with Crippen LogP contribution in [0.1, 0.15) is 45.8 Å². The van der Waals surface area contributed by atoms with Crippen LogP contribution in [0, 0.1) is 13.8 Å². The molecule has 2 unspecified atom stereocenters. The van der Waals surface area contributed by atoms with E-state index in [1.54, 1.807) is 7.11 Å². The molecule has 0 saturated heterocycles. The van der Waals surface area contributed by atoms with E-state index in [4.69, 9.17) is 4.74 Å².